The van der Waals surface area contributed by atoms with E-state index in [0.717, 1.165) is 23.7 Å². The molecule has 2 aromatic rings. The third-order valence-electron chi connectivity index (χ3n) is 3.24. The minimum absolute atomic E-state index is 0.242. The Hall–Kier alpha value is -1.88. The highest BCUT2D eigenvalue weighted by Crippen LogP contribution is 2.20. The van der Waals surface area contributed by atoms with E-state index in [2.05, 4.69) is 24.1 Å². The minimum Gasteiger partial charge on any atom is -0.491 e. The molecule has 4 nitrogen and oxygen atoms in total. The zero-order chi connectivity index (χ0) is 15.2. The van der Waals surface area contributed by atoms with Crippen LogP contribution in [-0.2, 0) is 13.1 Å². The van der Waals surface area contributed by atoms with Crippen LogP contribution in [0.1, 0.15) is 25.2 Å². The summed E-state index contributed by atoms with van der Waals surface area (Å²) in [5, 5.41) is 3.28. The number of hydrogen-bond donors (Lipinski definition) is 1. The summed E-state index contributed by atoms with van der Waals surface area (Å²) in [4.78, 5) is 4.17. The van der Waals surface area contributed by atoms with Crippen molar-refractivity contribution in [2.45, 2.75) is 39.9 Å². The number of imidazole rings is 1. The molecule has 0 fully saturated rings. The van der Waals surface area contributed by atoms with Gasteiger partial charge in [-0.2, -0.15) is 0 Å². The zero-order valence-electron chi connectivity index (χ0n) is 12.8. The fourth-order valence-corrected chi connectivity index (χ4v) is 2.04. The van der Waals surface area contributed by atoms with Crippen molar-refractivity contribution in [2.24, 2.45) is 0 Å². The second-order valence-electron chi connectivity index (χ2n) is 5.30. The van der Waals surface area contributed by atoms with Crippen molar-refractivity contribution >= 4 is 0 Å². The van der Waals surface area contributed by atoms with Crippen molar-refractivity contribution in [1.82, 2.24) is 14.9 Å². The van der Waals surface area contributed by atoms with E-state index >= 15 is 0 Å². The van der Waals surface area contributed by atoms with Crippen LogP contribution in [0.15, 0.2) is 30.6 Å². The second kappa shape index (κ2) is 7.22. The first-order chi connectivity index (χ1) is 10.1. The summed E-state index contributed by atoms with van der Waals surface area (Å²) in [6, 6.07) is 4.98. The Labute approximate surface area is 125 Å². The lowest BCUT2D eigenvalue weighted by Gasteiger charge is -2.14. The average molecular weight is 291 g/mol. The predicted octanol–water partition coefficient (Wildman–Crippen LogP) is 2.91. The fraction of sp³-hybridized carbons (Fsp3) is 0.438. The largest absolute Gasteiger partial charge is 0.491 e. The highest BCUT2D eigenvalue weighted by atomic mass is 19.1. The van der Waals surface area contributed by atoms with Gasteiger partial charge in [-0.15, -0.1) is 0 Å². The quantitative estimate of drug-likeness (QED) is 0.852. The van der Waals surface area contributed by atoms with Gasteiger partial charge in [0.2, 0.25) is 0 Å². The molecule has 0 spiro atoms. The second-order valence-corrected chi connectivity index (χ2v) is 5.30. The number of aryl methyl sites for hydroxylation is 1. The molecule has 0 aliphatic rings. The maximum atomic E-state index is 13.4. The molecule has 1 aromatic carbocycles. The van der Waals surface area contributed by atoms with Gasteiger partial charge in [-0.05, 0) is 25.1 Å². The van der Waals surface area contributed by atoms with Crippen LogP contribution in [0.3, 0.4) is 0 Å². The number of halogens is 1. The Kier molecular flexibility index (Phi) is 5.33. The van der Waals surface area contributed by atoms with Crippen molar-refractivity contribution in [3.05, 3.63) is 47.8 Å². The number of hydrogen-bond acceptors (Lipinski definition) is 3. The fourth-order valence-electron chi connectivity index (χ4n) is 2.04. The summed E-state index contributed by atoms with van der Waals surface area (Å²) in [5.74, 6) is 1.44. The van der Waals surface area contributed by atoms with Gasteiger partial charge in [0.15, 0.2) is 0 Å². The molecule has 0 saturated heterocycles. The van der Waals surface area contributed by atoms with E-state index in [1.165, 1.54) is 12.1 Å². The summed E-state index contributed by atoms with van der Waals surface area (Å²) < 4.78 is 21.2. The molecule has 21 heavy (non-hydrogen) atoms. The van der Waals surface area contributed by atoms with Crippen LogP contribution in [-0.4, -0.2) is 22.2 Å². The molecule has 0 unspecified atom stereocenters. The Balaban J connectivity index is 1.96. The number of nitrogens with zero attached hydrogens (tertiary/aromatic N) is 2. The Morgan fingerprint density at radius 1 is 1.38 bits per heavy atom. The molecule has 0 saturated carbocycles. The Morgan fingerprint density at radius 3 is 2.86 bits per heavy atom. The Bertz CT molecular complexity index is 581. The third kappa shape index (κ3) is 4.56. The van der Waals surface area contributed by atoms with E-state index < -0.39 is 0 Å². The molecule has 114 valence electrons. The average Bonchev–Trinajstić information content (AvgIpc) is 2.84. The molecular weight excluding hydrogens is 269 g/mol. The van der Waals surface area contributed by atoms with Crippen LogP contribution in [0.2, 0.25) is 0 Å². The maximum absolute atomic E-state index is 13.4. The molecule has 2 rings (SSSR count). The first-order valence-electron chi connectivity index (χ1n) is 7.18. The minimum atomic E-state index is -0.242. The van der Waals surface area contributed by atoms with Crippen LogP contribution in [0.5, 0.6) is 5.75 Å². The van der Waals surface area contributed by atoms with Gasteiger partial charge < -0.3 is 14.6 Å². The lowest BCUT2D eigenvalue weighted by molar-refractivity contribution is 0.292. The van der Waals surface area contributed by atoms with E-state index in [1.807, 2.05) is 17.7 Å². The summed E-state index contributed by atoms with van der Waals surface area (Å²) in [7, 11) is 0. The van der Waals surface area contributed by atoms with Gasteiger partial charge in [0, 0.05) is 30.5 Å². The van der Waals surface area contributed by atoms with E-state index in [1.54, 1.807) is 12.3 Å². The van der Waals surface area contributed by atoms with Gasteiger partial charge in [-0.3, -0.25) is 0 Å². The van der Waals surface area contributed by atoms with Crippen LogP contribution < -0.4 is 10.1 Å². The van der Waals surface area contributed by atoms with Crippen LogP contribution >= 0.6 is 0 Å². The topological polar surface area (TPSA) is 39.1 Å². The molecule has 1 aromatic heterocycles. The highest BCUT2D eigenvalue weighted by Gasteiger charge is 2.07. The van der Waals surface area contributed by atoms with Crippen molar-refractivity contribution in [3.8, 4) is 5.75 Å². The van der Waals surface area contributed by atoms with Gasteiger partial charge in [0.25, 0.3) is 0 Å². The molecule has 0 aliphatic carbocycles. The smallest absolute Gasteiger partial charge is 0.124 e. The molecule has 5 heteroatoms. The van der Waals surface area contributed by atoms with Gasteiger partial charge in [-0.25, -0.2) is 9.37 Å². The zero-order valence-corrected chi connectivity index (χ0v) is 12.8. The van der Waals surface area contributed by atoms with Crippen molar-refractivity contribution in [1.29, 1.82) is 0 Å². The monoisotopic (exact) mass is 291 g/mol. The number of nitrogens with one attached hydrogen (secondary N) is 1. The first-order valence-corrected chi connectivity index (χ1v) is 7.18. The highest BCUT2D eigenvalue weighted by molar-refractivity contribution is 5.34. The van der Waals surface area contributed by atoms with Crippen molar-refractivity contribution < 1.29 is 9.13 Å². The third-order valence-corrected chi connectivity index (χ3v) is 3.24. The van der Waals surface area contributed by atoms with E-state index in [4.69, 9.17) is 4.74 Å². The van der Waals surface area contributed by atoms with Crippen LogP contribution in [0.4, 0.5) is 4.39 Å². The normalized spacial score (nSPS) is 11.1. The molecular formula is C16H22FN3O. The number of benzene rings is 1. The standard InChI is InChI=1S/C16H22FN3O/c1-12(2)19-11-14-10-15(17)4-5-16(14)21-9-8-20-7-6-18-13(20)3/h4-7,10,12,19H,8-9,11H2,1-3H3. The molecule has 0 radical (unpaired) electrons. The molecule has 0 amide bonds. The van der Waals surface area contributed by atoms with Gasteiger partial charge >= 0.3 is 0 Å². The lowest BCUT2D eigenvalue weighted by atomic mass is 10.2. The summed E-state index contributed by atoms with van der Waals surface area (Å²) in [6.45, 7) is 7.91. The van der Waals surface area contributed by atoms with Gasteiger partial charge in [0.1, 0.15) is 24.0 Å². The Morgan fingerprint density at radius 2 is 2.19 bits per heavy atom. The van der Waals surface area contributed by atoms with Crippen LogP contribution in [0, 0.1) is 12.7 Å². The van der Waals surface area contributed by atoms with E-state index in [-0.39, 0.29) is 5.82 Å². The molecule has 0 atom stereocenters. The summed E-state index contributed by atoms with van der Waals surface area (Å²) in [6.07, 6.45) is 3.69. The van der Waals surface area contributed by atoms with Crippen molar-refractivity contribution in [3.63, 3.8) is 0 Å². The SMILES string of the molecule is Cc1nccn1CCOc1ccc(F)cc1CNC(C)C. The van der Waals surface area contributed by atoms with E-state index in [0.29, 0.717) is 19.2 Å². The van der Waals surface area contributed by atoms with E-state index in [9.17, 15) is 4.39 Å². The number of aromatic nitrogens is 2. The molecule has 1 N–H and O–H groups in total. The van der Waals surface area contributed by atoms with Crippen molar-refractivity contribution in [2.75, 3.05) is 6.61 Å². The molecule has 0 aliphatic heterocycles. The maximum Gasteiger partial charge on any atom is 0.124 e. The van der Waals surface area contributed by atoms with Gasteiger partial charge in [-0.1, -0.05) is 13.8 Å². The number of rotatable bonds is 7. The summed E-state index contributed by atoms with van der Waals surface area (Å²) in [5.41, 5.74) is 0.839. The molecule has 0 bridgehead atoms. The first kappa shape index (κ1) is 15.5. The predicted molar refractivity (Wildman–Crippen MR) is 80.8 cm³/mol. The molecule has 1 heterocycles. The van der Waals surface area contributed by atoms with Crippen LogP contribution in [0.25, 0.3) is 0 Å². The van der Waals surface area contributed by atoms with Gasteiger partial charge in [0.05, 0.1) is 6.54 Å². The lowest BCUT2D eigenvalue weighted by Crippen LogP contribution is -2.22. The summed E-state index contributed by atoms with van der Waals surface area (Å²) >= 11 is 0. The number of ether oxygens (including phenoxy) is 1.